The zero-order valence-corrected chi connectivity index (χ0v) is 15.8. The van der Waals surface area contributed by atoms with Crippen molar-refractivity contribution in [3.8, 4) is 0 Å². The Bertz CT molecular complexity index is 796. The second kappa shape index (κ2) is 8.85. The maximum Gasteiger partial charge on any atom is 0.430 e. The Labute approximate surface area is 159 Å². The first-order valence-corrected chi connectivity index (χ1v) is 8.07. The lowest BCUT2D eigenvalue weighted by Crippen LogP contribution is -2.38. The Morgan fingerprint density at radius 3 is 2.32 bits per heavy atom. The largest absolute Gasteiger partial charge is 0.443 e. The first-order chi connectivity index (χ1) is 12.7. The number of ether oxygens (including phenoxy) is 1. The number of hydrogen-bond donors (Lipinski definition) is 1. The third-order valence-corrected chi connectivity index (χ3v) is 3.16. The molecule has 0 aliphatic carbocycles. The van der Waals surface area contributed by atoms with E-state index in [2.05, 4.69) is 4.98 Å². The molecule has 0 aliphatic rings. The van der Waals surface area contributed by atoms with Crippen LogP contribution in [0, 0.1) is 5.95 Å². The summed E-state index contributed by atoms with van der Waals surface area (Å²) in [4.78, 5) is 27.7. The van der Waals surface area contributed by atoms with Crippen LogP contribution in [0.3, 0.4) is 0 Å². The van der Waals surface area contributed by atoms with Gasteiger partial charge in [-0.05, 0) is 45.9 Å². The van der Waals surface area contributed by atoms with Gasteiger partial charge in [-0.3, -0.25) is 9.69 Å². The number of amides is 1. The maximum absolute atomic E-state index is 13.8. The van der Waals surface area contributed by atoms with Gasteiger partial charge in [-0.1, -0.05) is 11.6 Å². The highest BCUT2D eigenvalue weighted by molar-refractivity contribution is 5.87. The molecule has 0 saturated carbocycles. The summed E-state index contributed by atoms with van der Waals surface area (Å²) in [5, 5.41) is 0. The normalized spacial score (nSPS) is 13.3. The topological polar surface area (TPSA) is 85.5 Å². The molecule has 10 heteroatoms. The van der Waals surface area contributed by atoms with Crippen LogP contribution in [0.25, 0.3) is 0 Å². The standard InChI is InChI=1S/C18H21F4N3O3/c1-11(5-7-13(23)18(20,21)22)9-25(16(27)28-17(2,3)4)14-8-6-12(10-26)15(19)24-14/h5-8,10H,9,23H2,1-4H3/b11-5+,13-7-. The predicted molar refractivity (Wildman–Crippen MR) is 95.2 cm³/mol. The summed E-state index contributed by atoms with van der Waals surface area (Å²) in [6.07, 6.45) is -3.57. The first kappa shape index (κ1) is 23.1. The number of carbonyl (C=O) groups excluding carboxylic acids is 2. The van der Waals surface area contributed by atoms with E-state index in [9.17, 15) is 27.2 Å². The van der Waals surface area contributed by atoms with Gasteiger partial charge in [-0.2, -0.15) is 17.6 Å². The van der Waals surface area contributed by atoms with E-state index < -0.39 is 29.5 Å². The summed E-state index contributed by atoms with van der Waals surface area (Å²) in [6, 6.07) is 2.35. The van der Waals surface area contributed by atoms with Crippen molar-refractivity contribution in [3.05, 3.63) is 47.1 Å². The Balaban J connectivity index is 3.23. The van der Waals surface area contributed by atoms with Gasteiger partial charge in [-0.15, -0.1) is 0 Å². The van der Waals surface area contributed by atoms with Crippen LogP contribution in [0.5, 0.6) is 0 Å². The predicted octanol–water partition coefficient (Wildman–Crippen LogP) is 4.13. The smallest absolute Gasteiger partial charge is 0.430 e. The quantitative estimate of drug-likeness (QED) is 0.346. The van der Waals surface area contributed by atoms with Gasteiger partial charge in [-0.25, -0.2) is 9.78 Å². The number of rotatable bonds is 5. The number of aldehydes is 1. The summed E-state index contributed by atoms with van der Waals surface area (Å²) in [5.74, 6) is -1.26. The number of carbonyl (C=O) groups is 2. The summed E-state index contributed by atoms with van der Waals surface area (Å²) < 4.78 is 56.5. The molecule has 0 spiro atoms. The van der Waals surface area contributed by atoms with E-state index in [0.29, 0.717) is 11.6 Å². The van der Waals surface area contributed by atoms with Gasteiger partial charge in [0.05, 0.1) is 12.1 Å². The van der Waals surface area contributed by atoms with Crippen molar-refractivity contribution in [1.82, 2.24) is 4.98 Å². The van der Waals surface area contributed by atoms with E-state index in [-0.39, 0.29) is 24.2 Å². The molecule has 1 amide bonds. The molecule has 28 heavy (non-hydrogen) atoms. The van der Waals surface area contributed by atoms with Gasteiger partial charge in [0.2, 0.25) is 5.95 Å². The van der Waals surface area contributed by atoms with Crippen LogP contribution in [0.4, 0.5) is 28.2 Å². The molecular formula is C18H21F4N3O3. The summed E-state index contributed by atoms with van der Waals surface area (Å²) in [7, 11) is 0. The zero-order valence-electron chi connectivity index (χ0n) is 15.8. The highest BCUT2D eigenvalue weighted by Gasteiger charge is 2.31. The summed E-state index contributed by atoms with van der Waals surface area (Å²) >= 11 is 0. The van der Waals surface area contributed by atoms with E-state index in [1.807, 2.05) is 0 Å². The SMILES string of the molecule is C/C(=C\C=C(/N)C(F)(F)F)CN(C(=O)OC(C)(C)C)c1ccc(C=O)c(F)n1. The van der Waals surface area contributed by atoms with Gasteiger partial charge in [0, 0.05) is 0 Å². The van der Waals surface area contributed by atoms with Crippen molar-refractivity contribution in [2.24, 2.45) is 5.73 Å². The highest BCUT2D eigenvalue weighted by atomic mass is 19.4. The lowest BCUT2D eigenvalue weighted by atomic mass is 10.2. The van der Waals surface area contributed by atoms with Gasteiger partial charge in [0.15, 0.2) is 6.29 Å². The minimum atomic E-state index is -4.68. The van der Waals surface area contributed by atoms with E-state index >= 15 is 0 Å². The fourth-order valence-electron chi connectivity index (χ4n) is 1.86. The van der Waals surface area contributed by atoms with Crippen LogP contribution in [-0.4, -0.2) is 35.7 Å². The number of nitrogens with zero attached hydrogens (tertiary/aromatic N) is 2. The molecule has 0 saturated heterocycles. The second-order valence-electron chi connectivity index (χ2n) is 6.87. The maximum atomic E-state index is 13.8. The summed E-state index contributed by atoms with van der Waals surface area (Å²) in [5.41, 5.74) is 2.72. The van der Waals surface area contributed by atoms with Crippen LogP contribution in [0.1, 0.15) is 38.1 Å². The van der Waals surface area contributed by atoms with Crippen molar-refractivity contribution in [2.75, 3.05) is 11.4 Å². The van der Waals surface area contributed by atoms with Crippen LogP contribution in [-0.2, 0) is 4.74 Å². The number of pyridine rings is 1. The molecular weight excluding hydrogens is 382 g/mol. The first-order valence-electron chi connectivity index (χ1n) is 8.07. The van der Waals surface area contributed by atoms with E-state index in [4.69, 9.17) is 10.5 Å². The third kappa shape index (κ3) is 7.01. The Hall–Kier alpha value is -2.91. The fraction of sp³-hybridized carbons (Fsp3) is 0.389. The summed E-state index contributed by atoms with van der Waals surface area (Å²) in [6.45, 7) is 6.04. The average Bonchev–Trinajstić information content (AvgIpc) is 2.54. The Morgan fingerprint density at radius 1 is 1.25 bits per heavy atom. The number of nitrogens with two attached hydrogens (primary N) is 1. The molecule has 154 valence electrons. The molecule has 1 heterocycles. The number of anilines is 1. The van der Waals surface area contributed by atoms with Crippen molar-refractivity contribution >= 4 is 18.2 Å². The van der Waals surface area contributed by atoms with Gasteiger partial charge < -0.3 is 10.5 Å². The number of allylic oxidation sites excluding steroid dienone is 3. The molecule has 0 aromatic carbocycles. The van der Waals surface area contributed by atoms with Crippen LogP contribution < -0.4 is 10.6 Å². The van der Waals surface area contributed by atoms with Crippen molar-refractivity contribution < 1.29 is 31.9 Å². The molecule has 6 nitrogen and oxygen atoms in total. The molecule has 0 atom stereocenters. The van der Waals surface area contributed by atoms with Crippen molar-refractivity contribution in [2.45, 2.75) is 39.5 Å². The molecule has 0 bridgehead atoms. The molecule has 0 aliphatic heterocycles. The zero-order chi connectivity index (χ0) is 21.7. The van der Waals surface area contributed by atoms with Crippen LogP contribution in [0.15, 0.2) is 35.6 Å². The molecule has 1 aromatic rings. The van der Waals surface area contributed by atoms with Gasteiger partial charge in [0.1, 0.15) is 17.1 Å². The molecule has 0 radical (unpaired) electrons. The minimum Gasteiger partial charge on any atom is -0.443 e. The van der Waals surface area contributed by atoms with E-state index in [0.717, 1.165) is 17.0 Å². The molecule has 1 rings (SSSR count). The van der Waals surface area contributed by atoms with Gasteiger partial charge >= 0.3 is 12.3 Å². The number of alkyl halides is 3. The van der Waals surface area contributed by atoms with E-state index in [1.54, 1.807) is 20.8 Å². The van der Waals surface area contributed by atoms with Crippen LogP contribution >= 0.6 is 0 Å². The Morgan fingerprint density at radius 2 is 1.86 bits per heavy atom. The fourth-order valence-corrected chi connectivity index (χ4v) is 1.86. The molecule has 2 N–H and O–H groups in total. The van der Waals surface area contributed by atoms with Crippen LogP contribution in [0.2, 0.25) is 0 Å². The van der Waals surface area contributed by atoms with Crippen molar-refractivity contribution in [1.29, 1.82) is 0 Å². The van der Waals surface area contributed by atoms with Gasteiger partial charge in [0.25, 0.3) is 0 Å². The second-order valence-corrected chi connectivity index (χ2v) is 6.87. The molecule has 1 aromatic heterocycles. The minimum absolute atomic E-state index is 0.169. The number of halogens is 4. The Kier molecular flexibility index (Phi) is 7.31. The number of aromatic nitrogens is 1. The van der Waals surface area contributed by atoms with Crippen molar-refractivity contribution in [3.63, 3.8) is 0 Å². The highest BCUT2D eigenvalue weighted by Crippen LogP contribution is 2.22. The lowest BCUT2D eigenvalue weighted by Gasteiger charge is -2.27. The van der Waals surface area contributed by atoms with E-state index in [1.165, 1.54) is 13.0 Å². The monoisotopic (exact) mass is 403 g/mol. The molecule has 0 fully saturated rings. The average molecular weight is 403 g/mol. The lowest BCUT2D eigenvalue weighted by molar-refractivity contribution is -0.0926. The third-order valence-electron chi connectivity index (χ3n) is 3.16. The number of hydrogen-bond acceptors (Lipinski definition) is 5. The molecule has 0 unspecified atom stereocenters.